The molecule has 0 aliphatic carbocycles. The zero-order valence-corrected chi connectivity index (χ0v) is 18.2. The van der Waals surface area contributed by atoms with Crippen LogP contribution in [0.5, 0.6) is 5.75 Å². The Morgan fingerprint density at radius 3 is 2.47 bits per heavy atom. The average molecular weight is 449 g/mol. The van der Waals surface area contributed by atoms with Crippen LogP contribution in [0.25, 0.3) is 16.6 Å². The molecule has 32 heavy (non-hydrogen) atoms. The first-order chi connectivity index (χ1) is 15.5. The van der Waals surface area contributed by atoms with Crippen LogP contribution in [0.3, 0.4) is 0 Å². The molecule has 1 aliphatic rings. The van der Waals surface area contributed by atoms with Gasteiger partial charge in [-0.3, -0.25) is 14.0 Å². The van der Waals surface area contributed by atoms with Gasteiger partial charge in [-0.2, -0.15) is 0 Å². The highest BCUT2D eigenvalue weighted by atomic mass is 35.5. The van der Waals surface area contributed by atoms with E-state index in [2.05, 4.69) is 9.88 Å². The molecule has 3 heterocycles. The normalized spacial score (nSPS) is 14.2. The van der Waals surface area contributed by atoms with Crippen molar-refractivity contribution in [3.63, 3.8) is 0 Å². The molecule has 5 rings (SSSR count). The van der Waals surface area contributed by atoms with Gasteiger partial charge in [-0.25, -0.2) is 4.98 Å². The highest BCUT2D eigenvalue weighted by molar-refractivity contribution is 6.31. The molecule has 0 N–H and O–H groups in total. The van der Waals surface area contributed by atoms with E-state index in [9.17, 15) is 9.59 Å². The molecule has 1 aliphatic heterocycles. The molecule has 7 nitrogen and oxygen atoms in total. The fraction of sp³-hybridized carbons (Fsp3) is 0.208. The van der Waals surface area contributed by atoms with Gasteiger partial charge in [0.05, 0.1) is 23.6 Å². The molecule has 8 heteroatoms. The number of benzene rings is 2. The number of anilines is 1. The molecule has 4 aromatic rings. The molecule has 1 fully saturated rings. The molecule has 2 aromatic heterocycles. The highest BCUT2D eigenvalue weighted by Gasteiger charge is 2.23. The number of fused-ring (bicyclic) bond motifs is 2. The summed E-state index contributed by atoms with van der Waals surface area (Å²) in [7, 11) is 1.65. The number of pyridine rings is 1. The van der Waals surface area contributed by atoms with Crippen LogP contribution >= 0.6 is 11.6 Å². The zero-order valence-electron chi connectivity index (χ0n) is 17.5. The maximum Gasteiger partial charge on any atom is 0.265 e. The minimum Gasteiger partial charge on any atom is -0.497 e. The maximum absolute atomic E-state index is 13.1. The number of halogens is 1. The Morgan fingerprint density at radius 1 is 1.00 bits per heavy atom. The number of rotatable bonds is 3. The Hall–Kier alpha value is -3.58. The Labute approximate surface area is 189 Å². The highest BCUT2D eigenvalue weighted by Crippen LogP contribution is 2.21. The van der Waals surface area contributed by atoms with Crippen molar-refractivity contribution < 1.29 is 9.53 Å². The van der Waals surface area contributed by atoms with Crippen molar-refractivity contribution >= 4 is 39.7 Å². The van der Waals surface area contributed by atoms with Crippen LogP contribution in [-0.4, -0.2) is 53.5 Å². The van der Waals surface area contributed by atoms with E-state index in [0.29, 0.717) is 40.2 Å². The van der Waals surface area contributed by atoms with Gasteiger partial charge >= 0.3 is 0 Å². The van der Waals surface area contributed by atoms with Gasteiger partial charge in [0.2, 0.25) is 0 Å². The summed E-state index contributed by atoms with van der Waals surface area (Å²) in [6, 6.07) is 16.3. The lowest BCUT2D eigenvalue weighted by atomic mass is 10.2. The van der Waals surface area contributed by atoms with E-state index in [0.717, 1.165) is 24.5 Å². The minimum atomic E-state index is -0.222. The van der Waals surface area contributed by atoms with E-state index in [1.165, 1.54) is 4.40 Å². The molecule has 0 radical (unpaired) electrons. The smallest absolute Gasteiger partial charge is 0.265 e. The first-order valence-corrected chi connectivity index (χ1v) is 10.7. The molecule has 0 atom stereocenters. The topological polar surface area (TPSA) is 67.2 Å². The summed E-state index contributed by atoms with van der Waals surface area (Å²) in [5.74, 6) is 0.726. The third-order valence-electron chi connectivity index (χ3n) is 5.82. The van der Waals surface area contributed by atoms with Gasteiger partial charge in [0.25, 0.3) is 11.5 Å². The molecule has 1 amide bonds. The Bertz CT molecular complexity index is 1380. The first kappa shape index (κ1) is 20.3. The molecule has 0 saturated carbocycles. The van der Waals surface area contributed by atoms with Crippen LogP contribution < -0.4 is 15.2 Å². The summed E-state index contributed by atoms with van der Waals surface area (Å²) in [6.45, 7) is 2.68. The largest absolute Gasteiger partial charge is 0.497 e. The number of aromatic nitrogens is 2. The van der Waals surface area contributed by atoms with Crippen LogP contribution in [0.15, 0.2) is 65.6 Å². The molecule has 1 saturated heterocycles. The lowest BCUT2D eigenvalue weighted by Crippen LogP contribution is -2.48. The fourth-order valence-electron chi connectivity index (χ4n) is 4.05. The molecule has 0 spiro atoms. The van der Waals surface area contributed by atoms with Crippen molar-refractivity contribution in [3.05, 3.63) is 81.7 Å². The van der Waals surface area contributed by atoms with Crippen molar-refractivity contribution in [2.45, 2.75) is 0 Å². The summed E-state index contributed by atoms with van der Waals surface area (Å²) in [6.07, 6.45) is 1.58. The Balaban J connectivity index is 1.36. The van der Waals surface area contributed by atoms with Crippen LogP contribution in [-0.2, 0) is 0 Å². The van der Waals surface area contributed by atoms with Crippen LogP contribution in [0.2, 0.25) is 5.02 Å². The Kier molecular flexibility index (Phi) is 5.19. The van der Waals surface area contributed by atoms with Crippen molar-refractivity contribution in [2.24, 2.45) is 0 Å². The number of hydrogen-bond acceptors (Lipinski definition) is 5. The van der Waals surface area contributed by atoms with Gasteiger partial charge in [0, 0.05) is 43.1 Å². The summed E-state index contributed by atoms with van der Waals surface area (Å²) in [5.41, 5.74) is 2.36. The van der Waals surface area contributed by atoms with Crippen LogP contribution in [0.4, 0.5) is 5.69 Å². The number of carbonyl (C=O) groups excluding carboxylic acids is 1. The average Bonchev–Trinajstić information content (AvgIpc) is 2.83. The predicted molar refractivity (Wildman–Crippen MR) is 125 cm³/mol. The maximum atomic E-state index is 13.1. The van der Waals surface area contributed by atoms with Crippen molar-refractivity contribution in [1.82, 2.24) is 14.3 Å². The molecule has 162 valence electrons. The summed E-state index contributed by atoms with van der Waals surface area (Å²) in [5, 5.41) is 0.985. The van der Waals surface area contributed by atoms with Crippen molar-refractivity contribution in [3.8, 4) is 5.75 Å². The summed E-state index contributed by atoms with van der Waals surface area (Å²) >= 11 is 6.03. The lowest BCUT2D eigenvalue weighted by molar-refractivity contribution is 0.0746. The van der Waals surface area contributed by atoms with Gasteiger partial charge in [-0.1, -0.05) is 11.6 Å². The number of nitrogens with zero attached hydrogens (tertiary/aromatic N) is 4. The first-order valence-electron chi connectivity index (χ1n) is 10.3. The van der Waals surface area contributed by atoms with Crippen molar-refractivity contribution in [1.29, 1.82) is 0 Å². The summed E-state index contributed by atoms with van der Waals surface area (Å²) in [4.78, 5) is 34.6. The second-order valence-electron chi connectivity index (χ2n) is 7.70. The number of carbonyl (C=O) groups is 1. The Morgan fingerprint density at radius 2 is 1.75 bits per heavy atom. The number of ether oxygens (including phenoxy) is 1. The lowest BCUT2D eigenvalue weighted by Gasteiger charge is -2.36. The van der Waals surface area contributed by atoms with Gasteiger partial charge in [-0.05, 0) is 54.6 Å². The van der Waals surface area contributed by atoms with E-state index in [4.69, 9.17) is 16.3 Å². The standard InChI is InChI=1S/C24H21ClN4O3/c1-32-19-6-4-18(5-7-19)27-10-12-28(13-11-27)23(30)16-2-9-22-26-21-14-17(25)3-8-20(21)24(31)29(22)15-16/h2-9,14-15H,10-13H2,1H3. The van der Waals surface area contributed by atoms with E-state index in [1.807, 2.05) is 29.2 Å². The molecular formula is C24H21ClN4O3. The number of hydrogen-bond donors (Lipinski definition) is 0. The van der Waals surface area contributed by atoms with Gasteiger partial charge in [-0.15, -0.1) is 0 Å². The van der Waals surface area contributed by atoms with Crippen LogP contribution in [0, 0.1) is 0 Å². The van der Waals surface area contributed by atoms with Crippen molar-refractivity contribution in [2.75, 3.05) is 38.2 Å². The molecule has 0 unspecified atom stereocenters. The van der Waals surface area contributed by atoms with E-state index >= 15 is 0 Å². The molecule has 0 bridgehead atoms. The van der Waals surface area contributed by atoms with E-state index in [-0.39, 0.29) is 11.5 Å². The number of amides is 1. The van der Waals surface area contributed by atoms with Gasteiger partial charge in [0.1, 0.15) is 11.4 Å². The molecular weight excluding hydrogens is 428 g/mol. The third-order valence-corrected chi connectivity index (χ3v) is 6.06. The number of piperazine rings is 1. The number of methoxy groups -OCH3 is 1. The minimum absolute atomic E-state index is 0.0932. The van der Waals surface area contributed by atoms with Crippen LogP contribution in [0.1, 0.15) is 10.4 Å². The second kappa shape index (κ2) is 8.16. The van der Waals surface area contributed by atoms with E-state index < -0.39 is 0 Å². The van der Waals surface area contributed by atoms with E-state index in [1.54, 1.807) is 43.6 Å². The zero-order chi connectivity index (χ0) is 22.2. The summed E-state index contributed by atoms with van der Waals surface area (Å²) < 4.78 is 6.64. The predicted octanol–water partition coefficient (Wildman–Crippen LogP) is 3.47. The monoisotopic (exact) mass is 448 g/mol. The fourth-order valence-corrected chi connectivity index (χ4v) is 4.21. The second-order valence-corrected chi connectivity index (χ2v) is 8.14. The molecule has 2 aromatic carbocycles. The third kappa shape index (κ3) is 3.65. The van der Waals surface area contributed by atoms with Gasteiger partial charge < -0.3 is 14.5 Å². The SMILES string of the molecule is COc1ccc(N2CCN(C(=O)c3ccc4nc5cc(Cl)ccc5c(=O)n4c3)CC2)cc1. The quantitative estimate of drug-likeness (QED) is 0.449. The van der Waals surface area contributed by atoms with Gasteiger partial charge in [0.15, 0.2) is 0 Å².